The van der Waals surface area contributed by atoms with Gasteiger partial charge < -0.3 is 0 Å². The van der Waals surface area contributed by atoms with E-state index in [4.69, 9.17) is 0 Å². The Hall–Kier alpha value is -9.36. The van der Waals surface area contributed by atoms with Crippen molar-refractivity contribution in [3.8, 4) is 43.8 Å². The highest BCUT2D eigenvalue weighted by Gasteiger charge is 2.56. The lowest BCUT2D eigenvalue weighted by molar-refractivity contribution is 0.103. The third-order valence-corrected chi connectivity index (χ3v) is 32.0. The number of unbranched alkanes of at least 4 members (excludes halogenated alkanes) is 24. The van der Waals surface area contributed by atoms with E-state index >= 15 is 9.59 Å². The van der Waals surface area contributed by atoms with Crippen LogP contribution in [0.15, 0.2) is 156 Å². The monoisotopic (exact) mass is 1710 g/mol. The van der Waals surface area contributed by atoms with Gasteiger partial charge in [-0.15, -0.1) is 45.3 Å². The van der Waals surface area contributed by atoms with Gasteiger partial charge in [0.2, 0.25) is 0 Å². The van der Waals surface area contributed by atoms with Crippen LogP contribution in [0.1, 0.15) is 391 Å². The van der Waals surface area contributed by atoms with Crippen molar-refractivity contribution in [2.24, 2.45) is 0 Å². The number of hydrogen-bond donors (Lipinski definition) is 0. The summed E-state index contributed by atoms with van der Waals surface area (Å²) in [6.45, 7) is 18.5. The van der Waals surface area contributed by atoms with E-state index in [1.165, 1.54) is 221 Å². The van der Waals surface area contributed by atoms with Crippen molar-refractivity contribution in [3.05, 3.63) is 277 Å². The molecule has 0 radical (unpaired) electrons. The number of benzene rings is 6. The van der Waals surface area contributed by atoms with Crippen LogP contribution in [-0.4, -0.2) is 11.6 Å². The molecule has 124 heavy (non-hydrogen) atoms. The zero-order valence-electron chi connectivity index (χ0n) is 75.4. The molecule has 0 amide bonds. The second-order valence-electron chi connectivity index (χ2n) is 36.0. The van der Waals surface area contributed by atoms with E-state index in [2.05, 4.69) is 165 Å². The summed E-state index contributed by atoms with van der Waals surface area (Å²) in [5.74, 6) is -0.351. The highest BCUT2D eigenvalue weighted by Crippen LogP contribution is 2.71. The predicted molar refractivity (Wildman–Crippen MR) is 527 cm³/mol. The standard InChI is InChI=1S/C114H128N4O2S4/c1-9-17-25-33-45-77-57-78(46-34-26-18-10-2)62-87(61-77)113(88-63-79(47-35-27-19-11-3)58-80(64-88)48-36-28-20-12-4)99-71-91(69-97-101(85(73-115)74-116)93-53-41-43-55-95(93)105(97)119)121-107(99)109-103(113)111-112(123-109)104-110(124-111)108-100(72-92(122-108)70-98-102(86(75-117)76-118)94-54-42-44-56-96(94)106(98)120)114(104,89-65-81(49-37-29-21-13-5)59-82(66-89)50-38-30-22-14-6)90-67-83(51-39-31-23-15-7)60-84(68-90)52-40-32-24-16-8/h41-44,53-72H,9-40,45-52H2,1-8H3/b97-69-,98-70-. The van der Waals surface area contributed by atoms with Crippen LogP contribution in [-0.2, 0) is 62.2 Å². The van der Waals surface area contributed by atoms with E-state index in [9.17, 15) is 21.0 Å². The highest BCUT2D eigenvalue weighted by molar-refractivity contribution is 7.34. The highest BCUT2D eigenvalue weighted by atomic mass is 32.1. The van der Waals surface area contributed by atoms with Gasteiger partial charge in [0.15, 0.2) is 11.6 Å². The van der Waals surface area contributed by atoms with Crippen LogP contribution in [0.5, 0.6) is 0 Å². The maximum Gasteiger partial charge on any atom is 0.194 e. The summed E-state index contributed by atoms with van der Waals surface area (Å²) in [5, 5.41) is 43.5. The van der Waals surface area contributed by atoms with Gasteiger partial charge >= 0.3 is 0 Å². The summed E-state index contributed by atoms with van der Waals surface area (Å²) in [6, 6.07) is 60.4. The Morgan fingerprint density at radius 3 is 0.750 bits per heavy atom. The van der Waals surface area contributed by atoms with Crippen molar-refractivity contribution in [2.75, 3.05) is 0 Å². The Kier molecular flexibility index (Phi) is 31.7. The fraction of sp³-hybridized carbons (Fsp3) is 0.439. The van der Waals surface area contributed by atoms with Crippen molar-refractivity contribution in [2.45, 2.75) is 323 Å². The summed E-state index contributed by atoms with van der Waals surface area (Å²) in [4.78, 5) is 37.5. The number of ketones is 2. The molecule has 10 aromatic rings. The van der Waals surface area contributed by atoms with Gasteiger partial charge in [0, 0.05) is 54.3 Å². The fourth-order valence-electron chi connectivity index (χ4n) is 20.7. The lowest BCUT2D eigenvalue weighted by atomic mass is 9.65. The molecule has 4 aliphatic rings. The number of aryl methyl sites for hydroxylation is 8. The molecular weight excluding hydrogens is 1590 g/mol. The minimum atomic E-state index is -0.903. The smallest absolute Gasteiger partial charge is 0.194 e. The molecule has 14 rings (SSSR count). The number of allylic oxidation sites excluding steroid dienone is 6. The van der Waals surface area contributed by atoms with Crippen LogP contribution in [0, 0.1) is 45.3 Å². The van der Waals surface area contributed by atoms with Crippen LogP contribution in [0.3, 0.4) is 0 Å². The largest absolute Gasteiger partial charge is 0.289 e. The Morgan fingerprint density at radius 1 is 0.290 bits per heavy atom. The average molecular weight is 1710 g/mol. The molecule has 0 atom stereocenters. The Labute approximate surface area is 758 Å². The summed E-state index contributed by atoms with van der Waals surface area (Å²) in [7, 11) is 0. The maximum atomic E-state index is 15.4. The van der Waals surface area contributed by atoms with E-state index in [0.717, 1.165) is 164 Å². The normalized spacial score (nSPS) is 14.4. The molecule has 6 aromatic carbocycles. The molecule has 640 valence electrons. The van der Waals surface area contributed by atoms with Gasteiger partial charge in [0.25, 0.3) is 0 Å². The Bertz CT molecular complexity index is 5180. The molecule has 0 spiro atoms. The average Bonchev–Trinajstić information content (AvgIpc) is 1.48. The minimum Gasteiger partial charge on any atom is -0.289 e. The lowest BCUT2D eigenvalue weighted by Gasteiger charge is -2.35. The van der Waals surface area contributed by atoms with E-state index in [1.54, 1.807) is 22.7 Å². The van der Waals surface area contributed by atoms with E-state index in [0.29, 0.717) is 44.5 Å². The van der Waals surface area contributed by atoms with Crippen LogP contribution < -0.4 is 0 Å². The van der Waals surface area contributed by atoms with Crippen molar-refractivity contribution in [1.29, 1.82) is 21.0 Å². The third-order valence-electron chi connectivity index (χ3n) is 26.9. The molecule has 10 heteroatoms. The van der Waals surface area contributed by atoms with Crippen molar-refractivity contribution < 1.29 is 9.59 Å². The molecular formula is C114H128N4O2S4. The number of Topliss-reactive ketones (excluding diaryl/α,β-unsaturated/α-hetero) is 2. The van der Waals surface area contributed by atoms with E-state index in [1.807, 2.05) is 83.4 Å². The minimum absolute atomic E-state index is 0.0644. The van der Waals surface area contributed by atoms with Crippen LogP contribution >= 0.6 is 45.3 Å². The third kappa shape index (κ3) is 18.9. The second kappa shape index (κ2) is 43.2. The molecule has 4 heterocycles. The molecule has 0 N–H and O–H groups in total. The quantitative estimate of drug-likeness (QED) is 0.0212. The molecule has 0 unspecified atom stereocenters. The molecule has 0 saturated carbocycles. The molecule has 0 saturated heterocycles. The number of fused-ring (bicyclic) bond motifs is 11. The molecule has 4 aromatic heterocycles. The van der Waals surface area contributed by atoms with Crippen LogP contribution in [0.2, 0.25) is 0 Å². The van der Waals surface area contributed by atoms with Gasteiger partial charge in [0.1, 0.15) is 35.4 Å². The van der Waals surface area contributed by atoms with Gasteiger partial charge in [-0.25, -0.2) is 0 Å². The topological polar surface area (TPSA) is 129 Å². The summed E-state index contributed by atoms with van der Waals surface area (Å²) in [5.41, 5.74) is 23.3. The van der Waals surface area contributed by atoms with Gasteiger partial charge in [-0.05, 0) is 216 Å². The molecule has 0 fully saturated rings. The summed E-state index contributed by atoms with van der Waals surface area (Å²) < 4.78 is 2.61. The van der Waals surface area contributed by atoms with Crippen molar-refractivity contribution in [3.63, 3.8) is 0 Å². The molecule has 4 aliphatic carbocycles. The number of carbonyl (C=O) groups is 2. The van der Waals surface area contributed by atoms with Crippen LogP contribution in [0.4, 0.5) is 0 Å². The number of thiophene rings is 4. The predicted octanol–water partition coefficient (Wildman–Crippen LogP) is 33.0. The number of nitriles is 4. The number of hydrogen-bond acceptors (Lipinski definition) is 10. The first kappa shape index (κ1) is 90.9. The molecule has 6 nitrogen and oxygen atoms in total. The SMILES string of the molecule is CCCCCCc1cc(CCCCCC)cc(C2(c3cc(CCCCCC)cc(CCCCCC)c3)c3cc(/C=C4\C(=O)c5ccccc5C4=C(C#N)C#N)sc3-c3sc4c5c(sc4c32)-c2sc(/C=C3\C(=O)c4ccccc4C3=C(C#N)C#N)cc2C5(c2cc(CCCCCC)cc(CCCCCC)c2)c2cc(CCCCCC)cc(CCCCCC)c2)c1. The van der Waals surface area contributed by atoms with E-state index in [-0.39, 0.29) is 22.7 Å². The number of rotatable bonds is 46. The van der Waals surface area contributed by atoms with Gasteiger partial charge in [0.05, 0.1) is 39.7 Å². The summed E-state index contributed by atoms with van der Waals surface area (Å²) in [6.07, 6.45) is 48.8. The fourth-order valence-corrected chi connectivity index (χ4v) is 26.4. The van der Waals surface area contributed by atoms with Gasteiger partial charge in [-0.2, -0.15) is 21.0 Å². The number of carbonyl (C=O) groups excluding carboxylic acids is 2. The zero-order chi connectivity index (χ0) is 86.7. The zero-order valence-corrected chi connectivity index (χ0v) is 78.6. The Balaban J connectivity index is 1.17. The van der Waals surface area contributed by atoms with Crippen LogP contribution in [0.25, 0.3) is 52.2 Å². The lowest BCUT2D eigenvalue weighted by Crippen LogP contribution is -2.30. The Morgan fingerprint density at radius 2 is 0.524 bits per heavy atom. The van der Waals surface area contributed by atoms with E-state index < -0.39 is 10.8 Å². The van der Waals surface area contributed by atoms with Crippen molar-refractivity contribution in [1.82, 2.24) is 0 Å². The first-order chi connectivity index (χ1) is 60.8. The maximum absolute atomic E-state index is 15.4. The second-order valence-corrected chi connectivity index (χ2v) is 40.2. The molecule has 0 bridgehead atoms. The van der Waals surface area contributed by atoms with Gasteiger partial charge in [-0.3, -0.25) is 9.59 Å². The molecule has 0 aliphatic heterocycles. The number of nitrogens with zero attached hydrogens (tertiary/aromatic N) is 4. The first-order valence-electron chi connectivity index (χ1n) is 48.1. The first-order valence-corrected chi connectivity index (χ1v) is 51.3. The van der Waals surface area contributed by atoms with Crippen molar-refractivity contribution >= 4 is 89.6 Å². The van der Waals surface area contributed by atoms with Gasteiger partial charge in [-0.1, -0.05) is 331 Å². The summed E-state index contributed by atoms with van der Waals surface area (Å²) >= 11 is 7.54.